The number of aromatic nitrogens is 2. The molecule has 1 aromatic heterocycles. The molecule has 0 bridgehead atoms. The Labute approximate surface area is 130 Å². The second-order valence-electron chi connectivity index (χ2n) is 5.09. The Balaban J connectivity index is 1.64. The fraction of sp³-hybridized carbons (Fsp3) is 0.286. The predicted octanol–water partition coefficient (Wildman–Crippen LogP) is 1.87. The summed E-state index contributed by atoms with van der Waals surface area (Å²) in [5, 5.41) is 16.0. The van der Waals surface area contributed by atoms with Crippen molar-refractivity contribution >= 4 is 23.5 Å². The van der Waals surface area contributed by atoms with Crippen molar-refractivity contribution in [3.8, 4) is 11.4 Å². The average Bonchev–Trinajstić information content (AvgIpc) is 3.19. The number of hydrogen-bond donors (Lipinski definition) is 2. The fourth-order valence-corrected chi connectivity index (χ4v) is 2.16. The van der Waals surface area contributed by atoms with Crippen molar-refractivity contribution in [3.63, 3.8) is 0 Å². The largest absolute Gasteiger partial charge is 0.480 e. The molecule has 0 atom stereocenters. The minimum Gasteiger partial charge on any atom is -0.480 e. The number of carbonyl (C=O) groups is 2. The summed E-state index contributed by atoms with van der Waals surface area (Å²) in [5.41, 5.74) is -0.547. The Morgan fingerprint density at radius 2 is 2.00 bits per heavy atom. The standard InChI is InChI=1S/C14H12ClN3O4/c15-9-3-1-8(2-4-9)11-17-10(22-18-11)7-16-12(19)14(5-6-14)13(20)21/h1-4H,5-7H2,(H,16,19)(H,20,21). The van der Waals surface area contributed by atoms with Gasteiger partial charge in [-0.15, -0.1) is 0 Å². The molecule has 1 aliphatic carbocycles. The normalized spacial score (nSPS) is 15.3. The zero-order valence-electron chi connectivity index (χ0n) is 11.4. The highest BCUT2D eigenvalue weighted by molar-refractivity contribution is 6.30. The van der Waals surface area contributed by atoms with Crippen LogP contribution in [0.15, 0.2) is 28.8 Å². The smallest absolute Gasteiger partial charge is 0.319 e. The van der Waals surface area contributed by atoms with Crippen molar-refractivity contribution < 1.29 is 19.2 Å². The monoisotopic (exact) mass is 321 g/mol. The Morgan fingerprint density at radius 3 is 2.59 bits per heavy atom. The van der Waals surface area contributed by atoms with Crippen LogP contribution in [0.5, 0.6) is 0 Å². The van der Waals surface area contributed by atoms with Crippen LogP contribution in [0.4, 0.5) is 0 Å². The molecule has 1 fully saturated rings. The van der Waals surface area contributed by atoms with Crippen LogP contribution in [0, 0.1) is 5.41 Å². The Kier molecular flexibility index (Phi) is 3.58. The van der Waals surface area contributed by atoms with Gasteiger partial charge in [0.2, 0.25) is 17.6 Å². The predicted molar refractivity (Wildman–Crippen MR) is 75.9 cm³/mol. The number of nitrogens with zero attached hydrogens (tertiary/aromatic N) is 2. The minimum atomic E-state index is -1.28. The molecule has 0 aliphatic heterocycles. The third-order valence-corrected chi connectivity index (χ3v) is 3.82. The molecule has 3 rings (SSSR count). The Bertz CT molecular complexity index is 722. The van der Waals surface area contributed by atoms with Gasteiger partial charge in [0.15, 0.2) is 0 Å². The molecule has 0 unspecified atom stereocenters. The van der Waals surface area contributed by atoms with Crippen LogP contribution < -0.4 is 5.32 Å². The van der Waals surface area contributed by atoms with E-state index in [9.17, 15) is 9.59 Å². The molecule has 2 N–H and O–H groups in total. The summed E-state index contributed by atoms with van der Waals surface area (Å²) in [6.45, 7) is -0.00550. The third kappa shape index (κ3) is 2.67. The molecule has 1 amide bonds. The Morgan fingerprint density at radius 1 is 1.32 bits per heavy atom. The van der Waals surface area contributed by atoms with Crippen LogP contribution >= 0.6 is 11.6 Å². The number of halogens is 1. The second kappa shape index (κ2) is 5.42. The number of rotatable bonds is 5. The van der Waals surface area contributed by atoms with Crippen LogP contribution in [-0.2, 0) is 16.1 Å². The lowest BCUT2D eigenvalue weighted by Crippen LogP contribution is -2.36. The van der Waals surface area contributed by atoms with E-state index in [0.29, 0.717) is 23.7 Å². The number of amides is 1. The minimum absolute atomic E-state index is 0.00550. The lowest BCUT2D eigenvalue weighted by Gasteiger charge is -2.08. The molecule has 1 saturated carbocycles. The van der Waals surface area contributed by atoms with E-state index < -0.39 is 17.3 Å². The van der Waals surface area contributed by atoms with Gasteiger partial charge in [0.05, 0.1) is 6.54 Å². The Hall–Kier alpha value is -2.41. The summed E-state index contributed by atoms with van der Waals surface area (Å²) in [4.78, 5) is 27.0. The summed E-state index contributed by atoms with van der Waals surface area (Å²) >= 11 is 5.80. The zero-order chi connectivity index (χ0) is 15.7. The molecule has 2 aromatic rings. The number of carboxylic acid groups (broad SMARTS) is 1. The quantitative estimate of drug-likeness (QED) is 0.814. The lowest BCUT2D eigenvalue weighted by molar-refractivity contribution is -0.149. The van der Waals surface area contributed by atoms with Gasteiger partial charge >= 0.3 is 5.97 Å². The van der Waals surface area contributed by atoms with Gasteiger partial charge in [-0.1, -0.05) is 16.8 Å². The molecule has 7 nitrogen and oxygen atoms in total. The first kappa shape index (κ1) is 14.5. The summed E-state index contributed by atoms with van der Waals surface area (Å²) in [6.07, 6.45) is 0.710. The maximum Gasteiger partial charge on any atom is 0.319 e. The van der Waals surface area contributed by atoms with Gasteiger partial charge in [0, 0.05) is 10.6 Å². The summed E-state index contributed by atoms with van der Waals surface area (Å²) < 4.78 is 5.04. The molecule has 1 aromatic carbocycles. The number of hydrogen-bond acceptors (Lipinski definition) is 5. The molecule has 1 heterocycles. The van der Waals surface area contributed by atoms with E-state index in [1.165, 1.54) is 0 Å². The molecule has 0 saturated heterocycles. The first-order valence-electron chi connectivity index (χ1n) is 6.61. The number of nitrogens with one attached hydrogen (secondary N) is 1. The van der Waals surface area contributed by atoms with E-state index in [0.717, 1.165) is 5.56 Å². The van der Waals surface area contributed by atoms with Crippen LogP contribution in [0.3, 0.4) is 0 Å². The van der Waals surface area contributed by atoms with Crippen molar-refractivity contribution in [2.75, 3.05) is 0 Å². The summed E-state index contributed by atoms with van der Waals surface area (Å²) in [5.74, 6) is -1.04. The molecule has 114 valence electrons. The first-order chi connectivity index (χ1) is 10.5. The highest BCUT2D eigenvalue weighted by Gasteiger charge is 2.57. The van der Waals surface area contributed by atoms with Gasteiger partial charge in [-0.25, -0.2) is 0 Å². The van der Waals surface area contributed by atoms with E-state index in [1.54, 1.807) is 24.3 Å². The van der Waals surface area contributed by atoms with E-state index in [-0.39, 0.29) is 12.4 Å². The average molecular weight is 322 g/mol. The second-order valence-corrected chi connectivity index (χ2v) is 5.52. The zero-order valence-corrected chi connectivity index (χ0v) is 12.1. The van der Waals surface area contributed by atoms with E-state index in [4.69, 9.17) is 21.2 Å². The van der Waals surface area contributed by atoms with Gasteiger partial charge in [0.25, 0.3) is 0 Å². The molecule has 22 heavy (non-hydrogen) atoms. The fourth-order valence-electron chi connectivity index (χ4n) is 2.03. The van der Waals surface area contributed by atoms with Crippen molar-refractivity contribution in [1.82, 2.24) is 15.5 Å². The van der Waals surface area contributed by atoms with Crippen molar-refractivity contribution in [3.05, 3.63) is 35.2 Å². The van der Waals surface area contributed by atoms with Gasteiger partial charge in [-0.05, 0) is 37.1 Å². The van der Waals surface area contributed by atoms with Gasteiger partial charge in [-0.3, -0.25) is 9.59 Å². The summed E-state index contributed by atoms with van der Waals surface area (Å²) in [6, 6.07) is 6.91. The third-order valence-electron chi connectivity index (χ3n) is 3.56. The SMILES string of the molecule is O=C(O)C1(C(=O)NCc2nc(-c3ccc(Cl)cc3)no2)CC1. The summed E-state index contributed by atoms with van der Waals surface area (Å²) in [7, 11) is 0. The topological polar surface area (TPSA) is 105 Å². The van der Waals surface area contributed by atoms with Crippen molar-refractivity contribution in [2.24, 2.45) is 5.41 Å². The van der Waals surface area contributed by atoms with Crippen molar-refractivity contribution in [1.29, 1.82) is 0 Å². The van der Waals surface area contributed by atoms with E-state index >= 15 is 0 Å². The van der Waals surface area contributed by atoms with Crippen LogP contribution in [-0.4, -0.2) is 27.1 Å². The van der Waals surface area contributed by atoms with Crippen LogP contribution in [0.2, 0.25) is 5.02 Å². The van der Waals surface area contributed by atoms with Gasteiger partial charge in [-0.2, -0.15) is 4.98 Å². The van der Waals surface area contributed by atoms with E-state index in [2.05, 4.69) is 15.5 Å². The van der Waals surface area contributed by atoms with Crippen LogP contribution in [0.1, 0.15) is 18.7 Å². The van der Waals surface area contributed by atoms with Crippen molar-refractivity contribution in [2.45, 2.75) is 19.4 Å². The lowest BCUT2D eigenvalue weighted by atomic mass is 10.1. The molecular weight excluding hydrogens is 310 g/mol. The first-order valence-corrected chi connectivity index (χ1v) is 6.99. The highest BCUT2D eigenvalue weighted by atomic mass is 35.5. The number of carbonyl (C=O) groups excluding carboxylic acids is 1. The molecule has 8 heteroatoms. The van der Waals surface area contributed by atoms with Gasteiger partial charge < -0.3 is 14.9 Å². The number of carboxylic acids is 1. The van der Waals surface area contributed by atoms with Gasteiger partial charge in [0.1, 0.15) is 5.41 Å². The molecule has 1 aliphatic rings. The molecule has 0 spiro atoms. The maximum absolute atomic E-state index is 11.9. The number of benzene rings is 1. The van der Waals surface area contributed by atoms with Crippen LogP contribution in [0.25, 0.3) is 11.4 Å². The maximum atomic E-state index is 11.9. The van der Waals surface area contributed by atoms with E-state index in [1.807, 2.05) is 0 Å². The highest BCUT2D eigenvalue weighted by Crippen LogP contribution is 2.46. The molecular formula is C14H12ClN3O4. The number of aliphatic carboxylic acids is 1. The molecule has 0 radical (unpaired) electrons.